The molecule has 0 aromatic heterocycles. The summed E-state index contributed by atoms with van der Waals surface area (Å²) < 4.78 is 5.62. The first-order valence-corrected chi connectivity index (χ1v) is 7.29. The van der Waals surface area contributed by atoms with Crippen LogP contribution < -0.4 is 10.1 Å². The van der Waals surface area contributed by atoms with Gasteiger partial charge in [-0.05, 0) is 42.0 Å². The van der Waals surface area contributed by atoms with E-state index < -0.39 is 6.10 Å². The molecule has 122 valence electrons. The van der Waals surface area contributed by atoms with Crippen LogP contribution in [0.3, 0.4) is 0 Å². The average Bonchev–Trinajstić information content (AvgIpc) is 2.64. The zero-order valence-electron chi connectivity index (χ0n) is 12.8. The molecule has 1 unspecified atom stereocenters. The fraction of sp³-hybridized carbons (Fsp3) is 0.167. The molecule has 0 aliphatic heterocycles. The van der Waals surface area contributed by atoms with Crippen molar-refractivity contribution in [2.45, 2.75) is 6.10 Å². The minimum Gasteiger partial charge on any atom is -0.478 e. The number of nitriles is 1. The summed E-state index contributed by atoms with van der Waals surface area (Å²) >= 11 is 0. The Bertz CT molecular complexity index is 733. The zero-order valence-corrected chi connectivity index (χ0v) is 12.8. The molecule has 0 bridgehead atoms. The van der Waals surface area contributed by atoms with E-state index in [1.54, 1.807) is 48.5 Å². The van der Waals surface area contributed by atoms with Gasteiger partial charge >= 0.3 is 0 Å². The number of aliphatic hydroxyl groups is 1. The van der Waals surface area contributed by atoms with E-state index in [1.807, 2.05) is 6.07 Å². The lowest BCUT2D eigenvalue weighted by atomic mass is 10.1. The lowest BCUT2D eigenvalue weighted by molar-refractivity contribution is -0.113. The summed E-state index contributed by atoms with van der Waals surface area (Å²) in [5, 5.41) is 20.0. The molecule has 6 heteroatoms. The van der Waals surface area contributed by atoms with Crippen molar-refractivity contribution >= 4 is 12.2 Å². The molecule has 0 saturated carbocycles. The van der Waals surface area contributed by atoms with E-state index in [2.05, 4.69) is 5.32 Å². The highest BCUT2D eigenvalue weighted by Crippen LogP contribution is 2.21. The second-order valence-electron chi connectivity index (χ2n) is 4.91. The van der Waals surface area contributed by atoms with Crippen molar-refractivity contribution in [1.29, 1.82) is 5.26 Å². The maximum absolute atomic E-state index is 11.7. The highest BCUT2D eigenvalue weighted by atomic mass is 16.5. The molecule has 1 atom stereocenters. The fourth-order valence-corrected chi connectivity index (χ4v) is 2.02. The first-order valence-electron chi connectivity index (χ1n) is 7.29. The largest absolute Gasteiger partial charge is 0.478 e. The van der Waals surface area contributed by atoms with Gasteiger partial charge in [0.1, 0.15) is 5.75 Å². The Labute approximate surface area is 139 Å². The van der Waals surface area contributed by atoms with Crippen molar-refractivity contribution in [3.8, 4) is 11.8 Å². The fourth-order valence-electron chi connectivity index (χ4n) is 2.02. The maximum Gasteiger partial charge on any atom is 0.251 e. The van der Waals surface area contributed by atoms with E-state index in [0.29, 0.717) is 28.7 Å². The van der Waals surface area contributed by atoms with Gasteiger partial charge in [-0.3, -0.25) is 9.59 Å². The summed E-state index contributed by atoms with van der Waals surface area (Å²) in [5.41, 5.74) is 1.56. The molecule has 0 aliphatic carbocycles. The molecule has 2 aromatic rings. The first kappa shape index (κ1) is 17.2. The number of carbonyl (C=O) groups excluding carboxylic acids is 2. The Morgan fingerprint density at radius 2 is 1.88 bits per heavy atom. The van der Waals surface area contributed by atoms with Crippen LogP contribution in [0.4, 0.5) is 0 Å². The predicted molar refractivity (Wildman–Crippen MR) is 86.5 cm³/mol. The number of aliphatic hydroxyl groups excluding tert-OH is 1. The second kappa shape index (κ2) is 8.46. The summed E-state index contributed by atoms with van der Waals surface area (Å²) in [6.45, 7) is 0.0571. The standard InChI is InChI=1S/C18H16N2O4/c19-11-13-1-3-14(4-2-13)17(12-22)24-16-7-5-15(6-8-16)18(23)20-9-10-21/h1-8,12,17,21H,9-10H2,(H,20,23). The minimum absolute atomic E-state index is 0.126. The van der Waals surface area contributed by atoms with Gasteiger partial charge in [0.15, 0.2) is 12.4 Å². The van der Waals surface area contributed by atoms with Crippen molar-refractivity contribution < 1.29 is 19.4 Å². The molecule has 0 saturated heterocycles. The summed E-state index contributed by atoms with van der Waals surface area (Å²) in [5.74, 6) is 0.143. The second-order valence-corrected chi connectivity index (χ2v) is 4.91. The van der Waals surface area contributed by atoms with Crippen molar-refractivity contribution in [2.24, 2.45) is 0 Å². The number of ether oxygens (including phenoxy) is 1. The van der Waals surface area contributed by atoms with Crippen molar-refractivity contribution in [3.05, 3.63) is 65.2 Å². The number of nitrogens with one attached hydrogen (secondary N) is 1. The molecular formula is C18H16N2O4. The minimum atomic E-state index is -0.799. The molecule has 1 amide bonds. The number of rotatable bonds is 7. The normalized spacial score (nSPS) is 11.2. The van der Waals surface area contributed by atoms with E-state index in [1.165, 1.54) is 0 Å². The summed E-state index contributed by atoms with van der Waals surface area (Å²) in [6.07, 6.45) is -0.129. The lowest BCUT2D eigenvalue weighted by Gasteiger charge is -2.14. The van der Waals surface area contributed by atoms with Gasteiger partial charge in [-0.2, -0.15) is 5.26 Å². The van der Waals surface area contributed by atoms with Crippen molar-refractivity contribution in [2.75, 3.05) is 13.2 Å². The molecule has 2 rings (SSSR count). The van der Waals surface area contributed by atoms with E-state index in [9.17, 15) is 9.59 Å². The third-order valence-electron chi connectivity index (χ3n) is 3.27. The summed E-state index contributed by atoms with van der Waals surface area (Å²) in [4.78, 5) is 23.0. The molecule has 2 aromatic carbocycles. The van der Waals surface area contributed by atoms with Crippen LogP contribution in [-0.4, -0.2) is 30.5 Å². The zero-order chi connectivity index (χ0) is 17.4. The van der Waals surface area contributed by atoms with Crippen LogP contribution >= 0.6 is 0 Å². The molecule has 0 radical (unpaired) electrons. The number of hydrogen-bond donors (Lipinski definition) is 2. The highest BCUT2D eigenvalue weighted by Gasteiger charge is 2.13. The van der Waals surface area contributed by atoms with Crippen LogP contribution in [0.1, 0.15) is 27.6 Å². The number of hydrogen-bond acceptors (Lipinski definition) is 5. The Balaban J connectivity index is 2.06. The topological polar surface area (TPSA) is 99.4 Å². The third-order valence-corrected chi connectivity index (χ3v) is 3.27. The number of benzene rings is 2. The Morgan fingerprint density at radius 1 is 1.21 bits per heavy atom. The lowest BCUT2D eigenvalue weighted by Crippen LogP contribution is -2.26. The molecule has 0 spiro atoms. The van der Waals surface area contributed by atoms with Gasteiger partial charge in [-0.25, -0.2) is 0 Å². The van der Waals surface area contributed by atoms with E-state index in [0.717, 1.165) is 0 Å². The SMILES string of the molecule is N#Cc1ccc(C(C=O)Oc2ccc(C(=O)NCCO)cc2)cc1. The van der Waals surface area contributed by atoms with Crippen LogP contribution in [0.2, 0.25) is 0 Å². The molecule has 6 nitrogen and oxygen atoms in total. The molecule has 0 fully saturated rings. The number of nitrogens with zero attached hydrogens (tertiary/aromatic N) is 1. The van der Waals surface area contributed by atoms with Crippen LogP contribution in [0.5, 0.6) is 5.75 Å². The maximum atomic E-state index is 11.7. The van der Waals surface area contributed by atoms with Crippen LogP contribution in [0.25, 0.3) is 0 Å². The average molecular weight is 324 g/mol. The number of aldehydes is 1. The van der Waals surface area contributed by atoms with Crippen LogP contribution in [-0.2, 0) is 4.79 Å². The van der Waals surface area contributed by atoms with Crippen molar-refractivity contribution in [1.82, 2.24) is 5.32 Å². The Morgan fingerprint density at radius 3 is 2.42 bits per heavy atom. The van der Waals surface area contributed by atoms with Gasteiger partial charge in [0.2, 0.25) is 0 Å². The quantitative estimate of drug-likeness (QED) is 0.754. The van der Waals surface area contributed by atoms with Crippen molar-refractivity contribution in [3.63, 3.8) is 0 Å². The highest BCUT2D eigenvalue weighted by molar-refractivity contribution is 5.94. The Hall–Kier alpha value is -3.17. The number of carbonyl (C=O) groups is 2. The predicted octanol–water partition coefficient (Wildman–Crippen LogP) is 1.60. The van der Waals surface area contributed by atoms with Gasteiger partial charge in [0.25, 0.3) is 5.91 Å². The molecule has 24 heavy (non-hydrogen) atoms. The summed E-state index contributed by atoms with van der Waals surface area (Å²) in [6, 6.07) is 14.9. The smallest absolute Gasteiger partial charge is 0.251 e. The molecular weight excluding hydrogens is 308 g/mol. The third kappa shape index (κ3) is 4.41. The van der Waals surface area contributed by atoms with E-state index >= 15 is 0 Å². The number of amides is 1. The summed E-state index contributed by atoms with van der Waals surface area (Å²) in [7, 11) is 0. The molecule has 0 aliphatic rings. The van der Waals surface area contributed by atoms with Crippen LogP contribution in [0, 0.1) is 11.3 Å². The van der Waals surface area contributed by atoms with Gasteiger partial charge in [0, 0.05) is 12.1 Å². The molecule has 0 heterocycles. The van der Waals surface area contributed by atoms with Crippen LogP contribution in [0.15, 0.2) is 48.5 Å². The van der Waals surface area contributed by atoms with E-state index in [-0.39, 0.29) is 19.1 Å². The monoisotopic (exact) mass is 324 g/mol. The van der Waals surface area contributed by atoms with Gasteiger partial charge in [0.05, 0.1) is 18.2 Å². The van der Waals surface area contributed by atoms with Gasteiger partial charge < -0.3 is 15.2 Å². The first-order chi connectivity index (χ1) is 11.7. The van der Waals surface area contributed by atoms with Gasteiger partial charge in [-0.15, -0.1) is 0 Å². The Kier molecular flexibility index (Phi) is 6.06. The van der Waals surface area contributed by atoms with Gasteiger partial charge in [-0.1, -0.05) is 12.1 Å². The van der Waals surface area contributed by atoms with E-state index in [4.69, 9.17) is 15.1 Å². The molecule has 2 N–H and O–H groups in total.